The Kier molecular flexibility index (Phi) is 12.9. The number of furan rings is 1. The molecule has 3 aliphatic carbocycles. The predicted octanol–water partition coefficient (Wildman–Crippen LogP) is 22.1. The van der Waals surface area contributed by atoms with Gasteiger partial charge in [0.25, 0.3) is 6.71 Å². The summed E-state index contributed by atoms with van der Waals surface area (Å²) >= 11 is 0. The Bertz CT molecular complexity index is 4330. The molecule has 9 aromatic rings. The zero-order valence-electron chi connectivity index (χ0n) is 57.8. The van der Waals surface area contributed by atoms with E-state index in [1.54, 1.807) is 0 Å². The molecule has 0 atom stereocenters. The van der Waals surface area contributed by atoms with Gasteiger partial charge in [-0.2, -0.15) is 0 Å². The lowest BCUT2D eigenvalue weighted by molar-refractivity contribution is 0.332. The van der Waals surface area contributed by atoms with Gasteiger partial charge < -0.3 is 19.1 Å². The highest BCUT2D eigenvalue weighted by atomic mass is 16.3. The summed E-state index contributed by atoms with van der Waals surface area (Å²) in [4.78, 5) is 8.03. The molecule has 14 rings (SSSR count). The molecule has 0 fully saturated rings. The van der Waals surface area contributed by atoms with Crippen molar-refractivity contribution in [1.29, 1.82) is 0 Å². The van der Waals surface area contributed by atoms with E-state index >= 15 is 0 Å². The van der Waals surface area contributed by atoms with Gasteiger partial charge in [-0.25, -0.2) is 0 Å². The van der Waals surface area contributed by atoms with E-state index in [2.05, 4.69) is 300 Å². The van der Waals surface area contributed by atoms with Crippen LogP contribution in [0, 0.1) is 0 Å². The van der Waals surface area contributed by atoms with Gasteiger partial charge in [0.15, 0.2) is 0 Å². The number of rotatable bonds is 5. The maximum Gasteiger partial charge on any atom is 0.252 e. The quantitative estimate of drug-likeness (QED) is 0.160. The second kappa shape index (κ2) is 19.3. The fraction of sp³-hybridized carbons (Fsp3) is 0.429. The Labute approximate surface area is 534 Å². The van der Waals surface area contributed by atoms with Crippen LogP contribution in [0.5, 0.6) is 0 Å². The van der Waals surface area contributed by atoms with Crippen molar-refractivity contribution in [3.63, 3.8) is 0 Å². The van der Waals surface area contributed by atoms with Crippen LogP contribution in [0.15, 0.2) is 144 Å². The lowest BCUT2D eigenvalue weighted by Crippen LogP contribution is -2.62. The first-order valence-electron chi connectivity index (χ1n) is 33.7. The summed E-state index contributed by atoms with van der Waals surface area (Å²) in [7, 11) is 0. The Morgan fingerprint density at radius 2 is 0.775 bits per heavy atom. The van der Waals surface area contributed by atoms with Crippen LogP contribution < -0.4 is 31.1 Å². The first-order valence-corrected chi connectivity index (χ1v) is 33.7. The summed E-state index contributed by atoms with van der Waals surface area (Å²) in [5.74, 6) is 0. The van der Waals surface area contributed by atoms with Gasteiger partial charge in [-0.15, -0.1) is 0 Å². The second-order valence-electron chi connectivity index (χ2n) is 35.1. The summed E-state index contributed by atoms with van der Waals surface area (Å²) in [6, 6.07) is 56.4. The van der Waals surface area contributed by atoms with E-state index in [9.17, 15) is 0 Å². The van der Waals surface area contributed by atoms with E-state index < -0.39 is 0 Å². The molecule has 0 saturated heterocycles. The maximum atomic E-state index is 7.11. The second-order valence-corrected chi connectivity index (χ2v) is 35.1. The molecular weight excluding hydrogens is 1080 g/mol. The largest absolute Gasteiger partial charge is 0.456 e. The lowest BCUT2D eigenvalue weighted by Gasteiger charge is -2.49. The lowest BCUT2D eigenvalue weighted by atomic mass is 9.32. The molecule has 0 bridgehead atoms. The van der Waals surface area contributed by atoms with Crippen molar-refractivity contribution in [3.8, 4) is 0 Å². The van der Waals surface area contributed by atoms with Gasteiger partial charge in [-0.1, -0.05) is 206 Å². The van der Waals surface area contributed by atoms with Gasteiger partial charge in [-0.3, -0.25) is 0 Å². The molecule has 4 nitrogen and oxygen atoms in total. The highest BCUT2D eigenvalue weighted by Gasteiger charge is 2.50. The monoisotopic (exact) mass is 1180 g/mol. The molecule has 0 saturated carbocycles. The van der Waals surface area contributed by atoms with Crippen LogP contribution in [0.2, 0.25) is 0 Å². The highest BCUT2D eigenvalue weighted by molar-refractivity contribution is 7.00. The average Bonchev–Trinajstić information content (AvgIpc) is 0.928. The minimum Gasteiger partial charge on any atom is -0.456 e. The molecule has 0 N–H and O–H groups in total. The normalized spacial score (nSPS) is 19.0. The molecule has 0 radical (unpaired) electrons. The van der Waals surface area contributed by atoms with Crippen molar-refractivity contribution in [3.05, 3.63) is 190 Å². The molecule has 8 aromatic carbocycles. The molecule has 1 aromatic heterocycles. The number of hydrogen-bond donors (Lipinski definition) is 0. The van der Waals surface area contributed by atoms with Crippen molar-refractivity contribution in [1.82, 2.24) is 0 Å². The number of nitrogens with zero attached hydrogens (tertiary/aromatic N) is 3. The van der Waals surface area contributed by atoms with Crippen molar-refractivity contribution in [2.24, 2.45) is 0 Å². The van der Waals surface area contributed by atoms with Crippen LogP contribution in [-0.2, 0) is 48.7 Å². The van der Waals surface area contributed by atoms with Gasteiger partial charge >= 0.3 is 0 Å². The minimum atomic E-state index is -0.0861. The van der Waals surface area contributed by atoms with Crippen LogP contribution in [0.4, 0.5) is 51.2 Å². The Morgan fingerprint density at radius 3 is 1.25 bits per heavy atom. The van der Waals surface area contributed by atoms with Gasteiger partial charge in [0.2, 0.25) is 0 Å². The van der Waals surface area contributed by atoms with Crippen LogP contribution >= 0.6 is 0 Å². The van der Waals surface area contributed by atoms with Crippen LogP contribution in [0.25, 0.3) is 21.9 Å². The smallest absolute Gasteiger partial charge is 0.252 e. The minimum absolute atomic E-state index is 0.00446. The molecule has 89 heavy (non-hydrogen) atoms. The average molecular weight is 1180 g/mol. The van der Waals surface area contributed by atoms with Crippen molar-refractivity contribution < 1.29 is 4.42 Å². The third-order valence-electron chi connectivity index (χ3n) is 22.9. The molecule has 0 spiro atoms. The molecule has 0 unspecified atom stereocenters. The van der Waals surface area contributed by atoms with Crippen LogP contribution in [-0.4, -0.2) is 6.71 Å². The highest BCUT2D eigenvalue weighted by Crippen LogP contribution is 2.57. The van der Waals surface area contributed by atoms with E-state index in [0.717, 1.165) is 76.8 Å². The molecule has 0 amide bonds. The Balaban J connectivity index is 1.17. The first-order chi connectivity index (χ1) is 41.5. The van der Waals surface area contributed by atoms with Crippen molar-refractivity contribution in [2.75, 3.05) is 14.7 Å². The first kappa shape index (κ1) is 59.6. The SMILES string of the molecule is CC(C)(C)c1ccc(N(c2ccc(C(C)(C)C)cc2)c2cc3c4c(c2)N(c2cccc5oc6cc(C(C)(C)C)ccc6c25)c2cc5c(cc2B4c2cc4c(cc2N3c2ccc3c(c2)C(C)(C)CCC3(C)C)C(C)(C)CCC4(C)C)C(C)(C)CCC5(C)C)cc1. The zero-order valence-corrected chi connectivity index (χ0v) is 57.8. The predicted molar refractivity (Wildman–Crippen MR) is 384 cm³/mol. The summed E-state index contributed by atoms with van der Waals surface area (Å²) in [6.07, 6.45) is 6.85. The number of benzene rings is 8. The van der Waals surface area contributed by atoms with Gasteiger partial charge in [0, 0.05) is 45.2 Å². The summed E-state index contributed by atoms with van der Waals surface area (Å²) in [6.45, 7) is 50.7. The fourth-order valence-electron chi connectivity index (χ4n) is 16.6. The van der Waals surface area contributed by atoms with E-state index in [1.807, 2.05) is 0 Å². The molecular formula is C84H98BN3O. The maximum absolute atomic E-state index is 7.11. The van der Waals surface area contributed by atoms with E-state index in [1.165, 1.54) is 101 Å². The fourth-order valence-corrected chi connectivity index (χ4v) is 16.6. The Morgan fingerprint density at radius 1 is 0.360 bits per heavy atom. The van der Waals surface area contributed by atoms with E-state index in [0.29, 0.717) is 0 Å². The third kappa shape index (κ3) is 9.40. The number of hydrogen-bond acceptors (Lipinski definition) is 4. The van der Waals surface area contributed by atoms with Gasteiger partial charge in [0.1, 0.15) is 11.2 Å². The molecule has 3 heterocycles. The number of fused-ring (bicyclic) bond motifs is 10. The molecule has 5 heteroatoms. The van der Waals surface area contributed by atoms with E-state index in [-0.39, 0.29) is 55.4 Å². The van der Waals surface area contributed by atoms with Crippen molar-refractivity contribution >= 4 is 96.2 Å². The standard InChI is InChI=1S/C84H98BN3O/c1-76(2,3)51-25-30-54(31-26-51)86(55-32-27-52(28-33-55)77(4,5)6)57-45-70-75-71(46-57)88(67-23-22-24-72-74(67)58-35-29-53(78(7,8)9)43-73(58)89-72)69-50-64-62(82(16,17)40-42-84(64,20)21)48-66(69)85(75)65-47-61-63(83(18,19)41-39-81(61,14)15)49-68(65)87(70)56-34-36-59-60(44-56)80(12,13)38-37-79(59,10)11/h22-36,43-50H,37-42H2,1-21H3. The summed E-state index contributed by atoms with van der Waals surface area (Å²) in [5, 5.41) is 2.28. The zero-order chi connectivity index (χ0) is 63.5. The van der Waals surface area contributed by atoms with Crippen LogP contribution in [0.1, 0.15) is 234 Å². The molecule has 2 aliphatic heterocycles. The van der Waals surface area contributed by atoms with Crippen LogP contribution in [0.3, 0.4) is 0 Å². The molecule has 5 aliphatic rings. The van der Waals surface area contributed by atoms with E-state index in [4.69, 9.17) is 4.42 Å². The third-order valence-corrected chi connectivity index (χ3v) is 22.9. The number of anilines is 9. The Hall–Kier alpha value is -6.98. The van der Waals surface area contributed by atoms with Crippen molar-refractivity contribution in [2.45, 2.75) is 233 Å². The summed E-state index contributed by atoms with van der Waals surface area (Å²) < 4.78 is 7.11. The summed E-state index contributed by atoms with van der Waals surface area (Å²) in [5.41, 5.74) is 29.3. The van der Waals surface area contributed by atoms with Gasteiger partial charge in [0.05, 0.1) is 16.8 Å². The van der Waals surface area contributed by atoms with Gasteiger partial charge in [-0.05, 0) is 233 Å². The topological polar surface area (TPSA) is 22.9 Å². The molecule has 458 valence electrons.